The molecule has 0 saturated heterocycles. The number of likely N-dealkylation sites (N-methyl/N-ethyl adjacent to an activating group) is 1. The van der Waals surface area contributed by atoms with Gasteiger partial charge < -0.3 is 29.1 Å². The van der Waals surface area contributed by atoms with Gasteiger partial charge >= 0.3 is 5.97 Å². The molecule has 2 aliphatic heterocycles. The van der Waals surface area contributed by atoms with E-state index >= 15 is 4.39 Å². The maximum absolute atomic E-state index is 15.2. The van der Waals surface area contributed by atoms with Crippen molar-refractivity contribution in [2.45, 2.75) is 52.2 Å². The van der Waals surface area contributed by atoms with E-state index in [1.54, 1.807) is 18.2 Å². The fourth-order valence-corrected chi connectivity index (χ4v) is 5.33. The van der Waals surface area contributed by atoms with Crippen molar-refractivity contribution in [2.24, 2.45) is 5.92 Å². The normalized spacial score (nSPS) is 17.3. The third-order valence-electron chi connectivity index (χ3n) is 7.48. The molecule has 2 aromatic rings. The predicted octanol–water partition coefficient (Wildman–Crippen LogP) is 4.47. The molecule has 2 heterocycles. The number of ketones is 1. The van der Waals surface area contributed by atoms with Crippen molar-refractivity contribution in [1.29, 1.82) is 5.41 Å². The van der Waals surface area contributed by atoms with Gasteiger partial charge in [0.05, 0.1) is 44.5 Å². The number of methoxy groups -OCH3 is 2. The molecule has 0 radical (unpaired) electrons. The molecule has 0 fully saturated rings. The van der Waals surface area contributed by atoms with E-state index in [0.717, 1.165) is 5.56 Å². The number of nitrogens with one attached hydrogen (secondary N) is 1. The monoisotopic (exact) mass is 541 g/mol. The van der Waals surface area contributed by atoms with Gasteiger partial charge in [-0.1, -0.05) is 27.7 Å². The molecule has 2 atom stereocenters. The van der Waals surface area contributed by atoms with Crippen LogP contribution < -0.4 is 19.1 Å². The van der Waals surface area contributed by atoms with Crippen LogP contribution in [0.2, 0.25) is 0 Å². The molecule has 2 aromatic carbocycles. The lowest BCUT2D eigenvalue weighted by Gasteiger charge is -2.39. The summed E-state index contributed by atoms with van der Waals surface area (Å²) in [5.74, 6) is -1.82. The van der Waals surface area contributed by atoms with E-state index in [1.165, 1.54) is 19.1 Å². The molecule has 9 nitrogen and oxygen atoms in total. The van der Waals surface area contributed by atoms with Gasteiger partial charge in [0.2, 0.25) is 0 Å². The second kappa shape index (κ2) is 10.4. The number of ether oxygens (including phenoxy) is 3. The minimum atomic E-state index is -0.899. The summed E-state index contributed by atoms with van der Waals surface area (Å²) >= 11 is 0. The Labute approximate surface area is 228 Å². The maximum Gasteiger partial charge on any atom is 0.310 e. The van der Waals surface area contributed by atoms with Crippen molar-refractivity contribution < 1.29 is 33.3 Å². The number of hydrogen-bond acceptors (Lipinski definition) is 7. The molecule has 10 heteroatoms. The van der Waals surface area contributed by atoms with E-state index < -0.39 is 29.2 Å². The fourth-order valence-electron chi connectivity index (χ4n) is 5.33. The summed E-state index contributed by atoms with van der Waals surface area (Å²) in [5.41, 5.74) is 2.19. The molecule has 2 unspecified atom stereocenters. The molecule has 2 aliphatic rings. The number of carboxylic acids is 1. The van der Waals surface area contributed by atoms with Crippen LogP contribution >= 0.6 is 0 Å². The molecule has 0 saturated carbocycles. The maximum atomic E-state index is 15.2. The number of hydrogen-bond donors (Lipinski definition) is 2. The molecule has 0 amide bonds. The Balaban J connectivity index is 1.66. The molecular formula is C29H36FN3O6. The van der Waals surface area contributed by atoms with Crippen molar-refractivity contribution in [2.75, 3.05) is 39.3 Å². The summed E-state index contributed by atoms with van der Waals surface area (Å²) in [6, 6.07) is 5.18. The number of amidine groups is 1. The molecular weight excluding hydrogens is 505 g/mol. The lowest BCUT2D eigenvalue weighted by Crippen LogP contribution is -2.45. The van der Waals surface area contributed by atoms with Crippen LogP contribution in [-0.2, 0) is 16.8 Å². The van der Waals surface area contributed by atoms with Crippen LogP contribution in [0, 0.1) is 17.1 Å². The summed E-state index contributed by atoms with van der Waals surface area (Å²) in [6.45, 7) is 8.29. The van der Waals surface area contributed by atoms with Crippen LogP contribution in [0.5, 0.6) is 17.2 Å². The minimum Gasteiger partial charge on any atom is -0.493 e. The first-order valence-electron chi connectivity index (χ1n) is 12.9. The number of Topliss-reactive ketones (excluding diaryl/α,β-unsaturated/α-hetero) is 1. The number of rotatable bonds is 8. The summed E-state index contributed by atoms with van der Waals surface area (Å²) in [5, 5.41) is 18.3. The number of aliphatic carboxylic acids is 1. The minimum absolute atomic E-state index is 0.0757. The molecule has 4 rings (SSSR count). The van der Waals surface area contributed by atoms with Gasteiger partial charge in [-0.05, 0) is 35.6 Å². The number of benzene rings is 2. The first-order chi connectivity index (χ1) is 18.3. The second-order valence-electron chi connectivity index (χ2n) is 11.1. The summed E-state index contributed by atoms with van der Waals surface area (Å²) in [7, 11) is 4.62. The molecule has 0 aromatic heterocycles. The topological polar surface area (TPSA) is 112 Å². The number of carboxylic acid groups (broad SMARTS) is 1. The number of nitrogens with zero attached hydrogens (tertiary/aromatic N) is 2. The zero-order valence-corrected chi connectivity index (χ0v) is 23.5. The van der Waals surface area contributed by atoms with Gasteiger partial charge in [0.25, 0.3) is 0 Å². The largest absolute Gasteiger partial charge is 0.493 e. The van der Waals surface area contributed by atoms with E-state index in [4.69, 9.17) is 19.6 Å². The first-order valence-corrected chi connectivity index (χ1v) is 12.9. The summed E-state index contributed by atoms with van der Waals surface area (Å²) in [4.78, 5) is 28.9. The number of carbonyl (C=O) groups excluding carboxylic acids is 1. The lowest BCUT2D eigenvalue weighted by atomic mass is 9.83. The van der Waals surface area contributed by atoms with E-state index in [2.05, 4.69) is 0 Å². The van der Waals surface area contributed by atoms with Crippen LogP contribution in [0.1, 0.15) is 61.2 Å². The van der Waals surface area contributed by atoms with Crippen LogP contribution in [0.4, 0.5) is 10.1 Å². The quantitative estimate of drug-likeness (QED) is 0.471. The highest BCUT2D eigenvalue weighted by Crippen LogP contribution is 2.44. The Morgan fingerprint density at radius 3 is 2.49 bits per heavy atom. The Morgan fingerprint density at radius 2 is 1.92 bits per heavy atom. The average molecular weight is 542 g/mol. The van der Waals surface area contributed by atoms with E-state index in [-0.39, 0.29) is 41.8 Å². The third-order valence-corrected chi connectivity index (χ3v) is 7.48. The predicted molar refractivity (Wildman–Crippen MR) is 145 cm³/mol. The van der Waals surface area contributed by atoms with E-state index in [0.29, 0.717) is 35.5 Å². The Bertz CT molecular complexity index is 1340. The summed E-state index contributed by atoms with van der Waals surface area (Å²) in [6.07, 6.45) is -0.0901. The van der Waals surface area contributed by atoms with Crippen LogP contribution in [-0.4, -0.2) is 68.1 Å². The van der Waals surface area contributed by atoms with Crippen molar-refractivity contribution in [3.8, 4) is 17.2 Å². The molecule has 0 bridgehead atoms. The average Bonchev–Trinajstić information content (AvgIpc) is 3.17. The Kier molecular flexibility index (Phi) is 7.51. The lowest BCUT2D eigenvalue weighted by molar-refractivity contribution is -0.145. The SMILES string of the molecule is CCC(C(=O)O)C1CN(C)c2cc(C(=O)CN3Cc4cc(OC)c(OC)c(F)c4C3=N)cc(C(C)(C)C)c2O1. The number of halogens is 1. The van der Waals surface area contributed by atoms with Gasteiger partial charge in [-0.3, -0.25) is 15.0 Å². The van der Waals surface area contributed by atoms with Gasteiger partial charge in [-0.25, -0.2) is 4.39 Å². The Morgan fingerprint density at radius 1 is 1.23 bits per heavy atom. The third kappa shape index (κ3) is 4.99. The van der Waals surface area contributed by atoms with Crippen LogP contribution in [0.15, 0.2) is 18.2 Å². The standard InChI is InChI=1S/C29H36FN3O6/c1-8-17(28(35)36)22-14-32(5)19-10-15(9-18(25(19)39-22)29(2,3)4)20(34)13-33-12-16-11-21(37-6)26(38-7)24(30)23(16)27(33)31/h9-11,17,22,31H,8,12-14H2,1-7H3,(H,35,36). The van der Waals surface area contributed by atoms with Gasteiger partial charge in [-0.15, -0.1) is 0 Å². The highest BCUT2D eigenvalue weighted by atomic mass is 19.1. The van der Waals surface area contributed by atoms with Crippen LogP contribution in [0.3, 0.4) is 0 Å². The van der Waals surface area contributed by atoms with Crippen molar-refractivity contribution in [3.63, 3.8) is 0 Å². The first kappa shape index (κ1) is 28.2. The summed E-state index contributed by atoms with van der Waals surface area (Å²) < 4.78 is 31.9. The highest BCUT2D eigenvalue weighted by molar-refractivity contribution is 6.06. The molecule has 2 N–H and O–H groups in total. The zero-order valence-electron chi connectivity index (χ0n) is 23.5. The van der Waals surface area contributed by atoms with Gasteiger partial charge in [0.15, 0.2) is 23.1 Å². The van der Waals surface area contributed by atoms with Crippen molar-refractivity contribution in [1.82, 2.24) is 4.90 Å². The number of fused-ring (bicyclic) bond motifs is 2. The van der Waals surface area contributed by atoms with Gasteiger partial charge in [0, 0.05) is 24.7 Å². The van der Waals surface area contributed by atoms with Gasteiger partial charge in [0.1, 0.15) is 17.7 Å². The zero-order chi connectivity index (χ0) is 28.8. The van der Waals surface area contributed by atoms with Crippen molar-refractivity contribution >= 4 is 23.3 Å². The Hall–Kier alpha value is -3.82. The molecule has 0 spiro atoms. The number of carbonyl (C=O) groups is 2. The fraction of sp³-hybridized carbons (Fsp3) is 0.483. The highest BCUT2D eigenvalue weighted by Gasteiger charge is 2.38. The molecule has 39 heavy (non-hydrogen) atoms. The van der Waals surface area contributed by atoms with E-state index in [1.807, 2.05) is 39.6 Å². The van der Waals surface area contributed by atoms with E-state index in [9.17, 15) is 14.7 Å². The number of anilines is 1. The van der Waals surface area contributed by atoms with Gasteiger partial charge in [-0.2, -0.15) is 0 Å². The molecule has 210 valence electrons. The molecule has 0 aliphatic carbocycles. The van der Waals surface area contributed by atoms with Crippen LogP contribution in [0.25, 0.3) is 0 Å². The van der Waals surface area contributed by atoms with Crippen molar-refractivity contribution in [3.05, 3.63) is 46.3 Å². The smallest absolute Gasteiger partial charge is 0.310 e. The second-order valence-corrected chi connectivity index (χ2v) is 11.1.